The molecule has 0 spiro atoms. The number of hydrogen-bond acceptors (Lipinski definition) is 3. The summed E-state index contributed by atoms with van der Waals surface area (Å²) >= 11 is 6.01. The van der Waals surface area contributed by atoms with Crippen LogP contribution in [0.4, 0.5) is 0 Å². The molecule has 18 heavy (non-hydrogen) atoms. The van der Waals surface area contributed by atoms with E-state index in [0.29, 0.717) is 10.9 Å². The van der Waals surface area contributed by atoms with Gasteiger partial charge in [0, 0.05) is 18.0 Å². The van der Waals surface area contributed by atoms with Crippen molar-refractivity contribution in [1.82, 2.24) is 4.57 Å². The molecule has 1 aromatic carbocycles. The van der Waals surface area contributed by atoms with Gasteiger partial charge in [-0.2, -0.15) is 0 Å². The second kappa shape index (κ2) is 4.80. The van der Waals surface area contributed by atoms with Crippen LogP contribution < -0.4 is 5.43 Å². The Morgan fingerprint density at radius 3 is 2.72 bits per heavy atom. The minimum atomic E-state index is -1.23. The minimum Gasteiger partial charge on any atom is -0.477 e. The fourth-order valence-corrected chi connectivity index (χ4v) is 2.17. The van der Waals surface area contributed by atoms with Gasteiger partial charge in [-0.3, -0.25) is 4.79 Å². The fourth-order valence-electron chi connectivity index (χ4n) is 1.90. The van der Waals surface area contributed by atoms with Crippen LogP contribution in [0, 0.1) is 0 Å². The Kier molecular flexibility index (Phi) is 3.36. The highest BCUT2D eigenvalue weighted by Crippen LogP contribution is 2.22. The van der Waals surface area contributed by atoms with Gasteiger partial charge < -0.3 is 14.8 Å². The van der Waals surface area contributed by atoms with E-state index in [-0.39, 0.29) is 23.9 Å². The zero-order valence-electron chi connectivity index (χ0n) is 9.26. The van der Waals surface area contributed by atoms with Crippen molar-refractivity contribution in [2.24, 2.45) is 0 Å². The average Bonchev–Trinajstić information content (AvgIpc) is 2.32. The van der Waals surface area contributed by atoms with Crippen LogP contribution in [0.5, 0.6) is 0 Å². The maximum absolute atomic E-state index is 11.8. The van der Waals surface area contributed by atoms with Crippen LogP contribution >= 0.6 is 11.6 Å². The van der Waals surface area contributed by atoms with Crippen LogP contribution in [0.15, 0.2) is 29.1 Å². The van der Waals surface area contributed by atoms with Gasteiger partial charge in [0.1, 0.15) is 5.69 Å². The highest BCUT2D eigenvalue weighted by Gasteiger charge is 2.15. The smallest absolute Gasteiger partial charge is 0.352 e. The molecule has 6 heteroatoms. The number of hydrogen-bond donors (Lipinski definition) is 2. The summed E-state index contributed by atoms with van der Waals surface area (Å²) in [6, 6.07) is 5.80. The van der Waals surface area contributed by atoms with Gasteiger partial charge in [-0.15, -0.1) is 0 Å². The van der Waals surface area contributed by atoms with Gasteiger partial charge in [0.15, 0.2) is 5.43 Å². The lowest BCUT2D eigenvalue weighted by atomic mass is 10.1. The van der Waals surface area contributed by atoms with Crippen LogP contribution in [-0.4, -0.2) is 27.4 Å². The molecule has 0 aliphatic heterocycles. The lowest BCUT2D eigenvalue weighted by molar-refractivity contribution is 0.0683. The third-order valence-electron chi connectivity index (χ3n) is 2.62. The van der Waals surface area contributed by atoms with Crippen molar-refractivity contribution in [3.8, 4) is 0 Å². The summed E-state index contributed by atoms with van der Waals surface area (Å²) in [5.41, 5.74) is -0.258. The van der Waals surface area contributed by atoms with Gasteiger partial charge in [0.05, 0.1) is 17.1 Å². The summed E-state index contributed by atoms with van der Waals surface area (Å²) in [5.74, 6) is -1.23. The van der Waals surface area contributed by atoms with Crippen LogP contribution in [0.2, 0.25) is 5.02 Å². The Labute approximate surface area is 107 Å². The first-order valence-electron chi connectivity index (χ1n) is 5.22. The van der Waals surface area contributed by atoms with Gasteiger partial charge in [-0.1, -0.05) is 17.7 Å². The number of aliphatic hydroxyl groups excluding tert-OH is 1. The number of carboxylic acids is 1. The molecular formula is C12H10ClNO4. The number of aromatic nitrogens is 1. The van der Waals surface area contributed by atoms with Crippen molar-refractivity contribution in [2.45, 2.75) is 6.54 Å². The third kappa shape index (κ3) is 1.98. The number of carbonyl (C=O) groups is 1. The average molecular weight is 268 g/mol. The summed E-state index contributed by atoms with van der Waals surface area (Å²) in [6.45, 7) is -0.189. The quantitative estimate of drug-likeness (QED) is 0.880. The summed E-state index contributed by atoms with van der Waals surface area (Å²) in [7, 11) is 0. The molecule has 0 bridgehead atoms. The molecule has 0 unspecified atom stereocenters. The van der Waals surface area contributed by atoms with Crippen molar-refractivity contribution < 1.29 is 15.0 Å². The van der Waals surface area contributed by atoms with Crippen molar-refractivity contribution in [3.63, 3.8) is 0 Å². The Balaban J connectivity index is 2.96. The van der Waals surface area contributed by atoms with Gasteiger partial charge in [-0.05, 0) is 12.1 Å². The number of pyridine rings is 1. The highest BCUT2D eigenvalue weighted by molar-refractivity contribution is 6.35. The molecule has 2 aromatic rings. The third-order valence-corrected chi connectivity index (χ3v) is 2.93. The van der Waals surface area contributed by atoms with E-state index in [0.717, 1.165) is 6.07 Å². The number of rotatable bonds is 3. The Hall–Kier alpha value is -1.85. The number of aromatic carboxylic acids is 1. The number of aliphatic hydroxyl groups is 1. The first kappa shape index (κ1) is 12.6. The zero-order valence-corrected chi connectivity index (χ0v) is 10.0. The van der Waals surface area contributed by atoms with E-state index in [1.165, 1.54) is 4.57 Å². The Bertz CT molecular complexity index is 678. The normalized spacial score (nSPS) is 10.8. The van der Waals surface area contributed by atoms with Crippen molar-refractivity contribution in [1.29, 1.82) is 0 Å². The molecular weight excluding hydrogens is 258 g/mol. The maximum atomic E-state index is 11.8. The molecule has 94 valence electrons. The fraction of sp³-hybridized carbons (Fsp3) is 0.167. The number of nitrogens with zero attached hydrogens (tertiary/aromatic N) is 1. The molecule has 0 atom stereocenters. The number of halogens is 1. The SMILES string of the molecule is O=C(O)c1cc(=O)c2cccc(Cl)c2n1CCO. The van der Waals surface area contributed by atoms with E-state index in [4.69, 9.17) is 21.8 Å². The molecule has 0 saturated carbocycles. The van der Waals surface area contributed by atoms with E-state index >= 15 is 0 Å². The predicted molar refractivity (Wildman–Crippen MR) is 67.3 cm³/mol. The summed E-state index contributed by atoms with van der Waals surface area (Å²) < 4.78 is 1.33. The van der Waals surface area contributed by atoms with Gasteiger partial charge in [0.25, 0.3) is 0 Å². The van der Waals surface area contributed by atoms with Crippen LogP contribution in [0.25, 0.3) is 10.9 Å². The van der Waals surface area contributed by atoms with Gasteiger partial charge >= 0.3 is 5.97 Å². The van der Waals surface area contributed by atoms with Crippen LogP contribution in [0.3, 0.4) is 0 Å². The van der Waals surface area contributed by atoms with Crippen molar-refractivity contribution in [3.05, 3.63) is 45.2 Å². The molecule has 5 nitrogen and oxygen atoms in total. The molecule has 1 heterocycles. The summed E-state index contributed by atoms with van der Waals surface area (Å²) in [5, 5.41) is 18.7. The van der Waals surface area contributed by atoms with E-state index in [9.17, 15) is 9.59 Å². The van der Waals surface area contributed by atoms with E-state index < -0.39 is 11.4 Å². The van der Waals surface area contributed by atoms with Crippen LogP contribution in [-0.2, 0) is 6.54 Å². The molecule has 0 amide bonds. The monoisotopic (exact) mass is 267 g/mol. The minimum absolute atomic E-state index is 0.0577. The largest absolute Gasteiger partial charge is 0.477 e. The standard InChI is InChI=1S/C12H10ClNO4/c13-8-3-1-2-7-10(16)6-9(12(17)18)14(4-5-15)11(7)8/h1-3,6,15H,4-5H2,(H,17,18). The van der Waals surface area contributed by atoms with Crippen LogP contribution in [0.1, 0.15) is 10.5 Å². The molecule has 0 radical (unpaired) electrons. The molecule has 0 aliphatic rings. The highest BCUT2D eigenvalue weighted by atomic mass is 35.5. The molecule has 1 aromatic heterocycles. The maximum Gasteiger partial charge on any atom is 0.352 e. The first-order chi connectivity index (χ1) is 8.56. The topological polar surface area (TPSA) is 79.5 Å². The first-order valence-corrected chi connectivity index (χ1v) is 5.60. The number of benzene rings is 1. The Morgan fingerprint density at radius 1 is 1.39 bits per heavy atom. The number of carboxylic acid groups (broad SMARTS) is 1. The molecule has 0 fully saturated rings. The second-order valence-electron chi connectivity index (χ2n) is 3.71. The Morgan fingerprint density at radius 2 is 2.11 bits per heavy atom. The van der Waals surface area contributed by atoms with E-state index in [2.05, 4.69) is 0 Å². The number of fused-ring (bicyclic) bond motifs is 1. The zero-order chi connectivity index (χ0) is 13.3. The number of para-hydroxylation sites is 1. The predicted octanol–water partition coefficient (Wildman–Crippen LogP) is 1.35. The van der Waals surface area contributed by atoms with Gasteiger partial charge in [0.2, 0.25) is 0 Å². The van der Waals surface area contributed by atoms with Crippen molar-refractivity contribution in [2.75, 3.05) is 6.61 Å². The van der Waals surface area contributed by atoms with Gasteiger partial charge in [-0.25, -0.2) is 4.79 Å². The molecule has 2 N–H and O–H groups in total. The van der Waals surface area contributed by atoms with E-state index in [1.807, 2.05) is 0 Å². The summed E-state index contributed by atoms with van der Waals surface area (Å²) in [4.78, 5) is 22.9. The van der Waals surface area contributed by atoms with E-state index in [1.54, 1.807) is 18.2 Å². The molecule has 0 saturated heterocycles. The van der Waals surface area contributed by atoms with Crippen molar-refractivity contribution >= 4 is 28.5 Å². The second-order valence-corrected chi connectivity index (χ2v) is 4.12. The summed E-state index contributed by atoms with van der Waals surface area (Å²) in [6.07, 6.45) is 0. The lowest BCUT2D eigenvalue weighted by Crippen LogP contribution is -2.19. The molecule has 0 aliphatic carbocycles. The lowest BCUT2D eigenvalue weighted by Gasteiger charge is -2.14. The molecule has 2 rings (SSSR count).